The average molecular weight is 269 g/mol. The molecule has 0 amide bonds. The molecule has 2 saturated heterocycles. The summed E-state index contributed by atoms with van der Waals surface area (Å²) in [6.45, 7) is 5.57. The van der Waals surface area contributed by atoms with Gasteiger partial charge in [-0.1, -0.05) is 12.8 Å². The summed E-state index contributed by atoms with van der Waals surface area (Å²) < 4.78 is 18.0. The van der Waals surface area contributed by atoms with Crippen LogP contribution in [0.5, 0.6) is 0 Å². The van der Waals surface area contributed by atoms with E-state index in [2.05, 4.69) is 12.2 Å². The van der Waals surface area contributed by atoms with Gasteiger partial charge in [-0.15, -0.1) is 0 Å². The molecule has 0 aromatic heterocycles. The number of hydrogen-bond acceptors (Lipinski definition) is 4. The smallest absolute Gasteiger partial charge is 0.0936 e. The molecule has 4 heteroatoms. The van der Waals surface area contributed by atoms with E-state index in [4.69, 9.17) is 14.2 Å². The lowest BCUT2D eigenvalue weighted by molar-refractivity contribution is -0.148. The number of morpholine rings is 1. The van der Waals surface area contributed by atoms with Crippen molar-refractivity contribution >= 4 is 0 Å². The summed E-state index contributed by atoms with van der Waals surface area (Å²) >= 11 is 0. The molecule has 3 aliphatic rings. The first-order valence-electron chi connectivity index (χ1n) is 7.87. The molecule has 1 saturated carbocycles. The van der Waals surface area contributed by atoms with Crippen molar-refractivity contribution in [3.8, 4) is 0 Å². The van der Waals surface area contributed by atoms with Crippen LogP contribution in [0.4, 0.5) is 0 Å². The zero-order chi connectivity index (χ0) is 13.1. The fraction of sp³-hybridized carbons (Fsp3) is 1.00. The van der Waals surface area contributed by atoms with Crippen molar-refractivity contribution in [1.29, 1.82) is 0 Å². The summed E-state index contributed by atoms with van der Waals surface area (Å²) in [4.78, 5) is 0. The Kier molecular flexibility index (Phi) is 4.42. The standard InChI is InChI=1S/C15H27NO3/c1-12-9-16-10-14(19-12)11-17-13-4-7-18-15(8-13)5-2-3-6-15/h12-14,16H,2-11H2,1H3. The van der Waals surface area contributed by atoms with Crippen LogP contribution < -0.4 is 5.32 Å². The first kappa shape index (κ1) is 13.8. The molecule has 1 N–H and O–H groups in total. The predicted octanol–water partition coefficient (Wildman–Crippen LogP) is 1.87. The summed E-state index contributed by atoms with van der Waals surface area (Å²) in [5.74, 6) is 0. The van der Waals surface area contributed by atoms with Gasteiger partial charge in [0.1, 0.15) is 0 Å². The van der Waals surface area contributed by atoms with Gasteiger partial charge in [-0.05, 0) is 26.2 Å². The Bertz CT molecular complexity index is 291. The van der Waals surface area contributed by atoms with Crippen LogP contribution >= 0.6 is 0 Å². The lowest BCUT2D eigenvalue weighted by Crippen LogP contribution is -2.47. The highest BCUT2D eigenvalue weighted by Gasteiger charge is 2.40. The molecule has 3 fully saturated rings. The molecule has 2 aliphatic heterocycles. The second-order valence-corrected chi connectivity index (χ2v) is 6.41. The highest BCUT2D eigenvalue weighted by Crippen LogP contribution is 2.40. The largest absolute Gasteiger partial charge is 0.375 e. The zero-order valence-corrected chi connectivity index (χ0v) is 12.0. The Balaban J connectivity index is 1.44. The van der Waals surface area contributed by atoms with Gasteiger partial charge >= 0.3 is 0 Å². The van der Waals surface area contributed by atoms with Crippen molar-refractivity contribution in [2.45, 2.75) is 69.4 Å². The van der Waals surface area contributed by atoms with Crippen LogP contribution in [-0.2, 0) is 14.2 Å². The highest BCUT2D eigenvalue weighted by atomic mass is 16.6. The maximum absolute atomic E-state index is 6.11. The van der Waals surface area contributed by atoms with Gasteiger partial charge in [0.15, 0.2) is 0 Å². The molecule has 3 rings (SSSR count). The minimum Gasteiger partial charge on any atom is -0.375 e. The van der Waals surface area contributed by atoms with E-state index < -0.39 is 0 Å². The number of ether oxygens (including phenoxy) is 3. The Hall–Kier alpha value is -0.160. The van der Waals surface area contributed by atoms with Crippen LogP contribution in [0.1, 0.15) is 45.4 Å². The monoisotopic (exact) mass is 269 g/mol. The molecule has 1 spiro atoms. The molecule has 0 aromatic carbocycles. The summed E-state index contributed by atoms with van der Waals surface area (Å²) in [6, 6.07) is 0. The molecule has 4 nitrogen and oxygen atoms in total. The normalized spacial score (nSPS) is 38.7. The van der Waals surface area contributed by atoms with Crippen molar-refractivity contribution in [2.24, 2.45) is 0 Å². The van der Waals surface area contributed by atoms with Gasteiger partial charge in [0.05, 0.1) is 30.5 Å². The van der Waals surface area contributed by atoms with Gasteiger partial charge in [0, 0.05) is 26.1 Å². The fourth-order valence-electron chi connectivity index (χ4n) is 3.71. The lowest BCUT2D eigenvalue weighted by Gasteiger charge is -2.39. The first-order chi connectivity index (χ1) is 9.26. The van der Waals surface area contributed by atoms with E-state index in [1.807, 2.05) is 0 Å². The van der Waals surface area contributed by atoms with Gasteiger partial charge < -0.3 is 19.5 Å². The molecule has 1 aliphatic carbocycles. The van der Waals surface area contributed by atoms with Crippen molar-refractivity contribution in [3.63, 3.8) is 0 Å². The van der Waals surface area contributed by atoms with E-state index in [9.17, 15) is 0 Å². The third kappa shape index (κ3) is 3.48. The van der Waals surface area contributed by atoms with Gasteiger partial charge in [0.2, 0.25) is 0 Å². The molecule has 2 heterocycles. The summed E-state index contributed by atoms with van der Waals surface area (Å²) in [7, 11) is 0. The molecule has 0 radical (unpaired) electrons. The Labute approximate surface area is 116 Å². The maximum atomic E-state index is 6.11. The summed E-state index contributed by atoms with van der Waals surface area (Å²) in [6.07, 6.45) is 8.11. The topological polar surface area (TPSA) is 39.7 Å². The van der Waals surface area contributed by atoms with E-state index in [-0.39, 0.29) is 11.7 Å². The number of rotatable bonds is 3. The van der Waals surface area contributed by atoms with Gasteiger partial charge in [-0.3, -0.25) is 0 Å². The van der Waals surface area contributed by atoms with Crippen LogP contribution in [0.2, 0.25) is 0 Å². The van der Waals surface area contributed by atoms with Crippen molar-refractivity contribution in [2.75, 3.05) is 26.3 Å². The predicted molar refractivity (Wildman–Crippen MR) is 73.3 cm³/mol. The van der Waals surface area contributed by atoms with E-state index >= 15 is 0 Å². The first-order valence-corrected chi connectivity index (χ1v) is 7.87. The molecule has 0 aromatic rings. The second-order valence-electron chi connectivity index (χ2n) is 6.41. The van der Waals surface area contributed by atoms with Crippen molar-refractivity contribution in [1.82, 2.24) is 5.32 Å². The van der Waals surface area contributed by atoms with Gasteiger partial charge in [0.25, 0.3) is 0 Å². The summed E-state index contributed by atoms with van der Waals surface area (Å²) in [5.41, 5.74) is 0.155. The third-order valence-corrected chi connectivity index (χ3v) is 4.71. The van der Waals surface area contributed by atoms with Crippen LogP contribution in [-0.4, -0.2) is 50.2 Å². The van der Waals surface area contributed by atoms with Gasteiger partial charge in [-0.25, -0.2) is 0 Å². The number of nitrogens with one attached hydrogen (secondary N) is 1. The van der Waals surface area contributed by atoms with Crippen LogP contribution in [0.15, 0.2) is 0 Å². The summed E-state index contributed by atoms with van der Waals surface area (Å²) in [5, 5.41) is 3.39. The van der Waals surface area contributed by atoms with E-state index in [1.54, 1.807) is 0 Å². The average Bonchev–Trinajstić information content (AvgIpc) is 2.85. The molecule has 110 valence electrons. The quantitative estimate of drug-likeness (QED) is 0.849. The van der Waals surface area contributed by atoms with E-state index in [1.165, 1.54) is 25.7 Å². The Morgan fingerprint density at radius 3 is 2.89 bits per heavy atom. The van der Waals surface area contributed by atoms with Crippen LogP contribution in [0.25, 0.3) is 0 Å². The molecule has 3 atom stereocenters. The Morgan fingerprint density at radius 2 is 2.11 bits per heavy atom. The third-order valence-electron chi connectivity index (χ3n) is 4.71. The SMILES string of the molecule is CC1CNCC(COC2CCOC3(CCCC3)C2)O1. The minimum absolute atomic E-state index is 0.155. The van der Waals surface area contributed by atoms with Crippen LogP contribution in [0.3, 0.4) is 0 Å². The van der Waals surface area contributed by atoms with Crippen molar-refractivity contribution < 1.29 is 14.2 Å². The zero-order valence-electron chi connectivity index (χ0n) is 12.0. The van der Waals surface area contributed by atoms with Crippen LogP contribution in [0, 0.1) is 0 Å². The molecular weight excluding hydrogens is 242 g/mol. The lowest BCUT2D eigenvalue weighted by atomic mass is 9.90. The molecular formula is C15H27NO3. The molecule has 19 heavy (non-hydrogen) atoms. The van der Waals surface area contributed by atoms with Crippen molar-refractivity contribution in [3.05, 3.63) is 0 Å². The molecule has 0 bridgehead atoms. The second kappa shape index (κ2) is 6.08. The number of hydrogen-bond donors (Lipinski definition) is 1. The van der Waals surface area contributed by atoms with Gasteiger partial charge in [-0.2, -0.15) is 0 Å². The highest BCUT2D eigenvalue weighted by molar-refractivity contribution is 4.91. The minimum atomic E-state index is 0.155. The molecule has 3 unspecified atom stereocenters. The van der Waals surface area contributed by atoms with E-state index in [0.29, 0.717) is 12.2 Å². The maximum Gasteiger partial charge on any atom is 0.0936 e. The Morgan fingerprint density at radius 1 is 1.26 bits per heavy atom. The van der Waals surface area contributed by atoms with E-state index in [0.717, 1.165) is 39.1 Å². The fourth-order valence-corrected chi connectivity index (χ4v) is 3.71.